The minimum Gasteiger partial charge on any atom is -0.369 e. The van der Waals surface area contributed by atoms with Gasteiger partial charge in [-0.2, -0.15) is 0 Å². The zero-order valence-corrected chi connectivity index (χ0v) is 21.4. The molecule has 2 aliphatic heterocycles. The first-order valence-corrected chi connectivity index (χ1v) is 12.4. The Hall–Kier alpha value is -3.16. The molecule has 2 aliphatic rings. The molecule has 0 unspecified atom stereocenters. The average molecular weight is 491 g/mol. The van der Waals surface area contributed by atoms with Gasteiger partial charge in [0.15, 0.2) is 0 Å². The summed E-state index contributed by atoms with van der Waals surface area (Å²) in [5.41, 5.74) is 6.43. The van der Waals surface area contributed by atoms with Crippen molar-refractivity contribution in [3.05, 3.63) is 64.3 Å². The van der Waals surface area contributed by atoms with Gasteiger partial charge in [-0.15, -0.1) is 0 Å². The van der Waals surface area contributed by atoms with E-state index < -0.39 is 0 Å². The van der Waals surface area contributed by atoms with Gasteiger partial charge in [0.05, 0.1) is 16.9 Å². The maximum absolute atomic E-state index is 12.3. The van der Waals surface area contributed by atoms with Gasteiger partial charge in [-0.05, 0) is 49.4 Å². The van der Waals surface area contributed by atoms with Gasteiger partial charge in [0.2, 0.25) is 5.95 Å². The average Bonchev–Trinajstić information content (AvgIpc) is 2.84. The van der Waals surface area contributed by atoms with E-state index in [4.69, 9.17) is 16.6 Å². The van der Waals surface area contributed by atoms with Crippen LogP contribution >= 0.6 is 11.6 Å². The molecule has 5 rings (SSSR count). The molecule has 2 aromatic carbocycles. The highest BCUT2D eigenvalue weighted by atomic mass is 35.5. The van der Waals surface area contributed by atoms with Crippen LogP contribution in [0.1, 0.15) is 35.3 Å². The molecular weight excluding hydrogens is 460 g/mol. The number of halogens is 1. The first-order valence-electron chi connectivity index (χ1n) is 12.0. The fourth-order valence-corrected chi connectivity index (χ4v) is 4.98. The minimum absolute atomic E-state index is 0.0439. The molecule has 35 heavy (non-hydrogen) atoms. The lowest BCUT2D eigenvalue weighted by atomic mass is 9.78. The van der Waals surface area contributed by atoms with Crippen molar-refractivity contribution in [1.82, 2.24) is 20.2 Å². The van der Waals surface area contributed by atoms with Gasteiger partial charge < -0.3 is 20.4 Å². The van der Waals surface area contributed by atoms with Crippen LogP contribution in [0, 0.1) is 6.92 Å². The summed E-state index contributed by atoms with van der Waals surface area (Å²) in [6.07, 6.45) is 1.62. The lowest BCUT2D eigenvalue weighted by Gasteiger charge is -2.35. The number of likely N-dealkylation sites (N-methyl/N-ethyl adjacent to an activating group) is 1. The van der Waals surface area contributed by atoms with Crippen LogP contribution in [0.4, 0.5) is 17.3 Å². The van der Waals surface area contributed by atoms with Crippen molar-refractivity contribution in [2.75, 3.05) is 50.0 Å². The molecule has 1 fully saturated rings. The number of rotatable bonds is 4. The number of nitrogens with one attached hydrogen (secondary N) is 2. The lowest BCUT2D eigenvalue weighted by Crippen LogP contribution is -2.44. The van der Waals surface area contributed by atoms with E-state index in [1.807, 2.05) is 24.3 Å². The Morgan fingerprint density at radius 1 is 1.09 bits per heavy atom. The first-order chi connectivity index (χ1) is 16.7. The second kappa shape index (κ2) is 9.13. The van der Waals surface area contributed by atoms with Crippen LogP contribution in [0.15, 0.2) is 42.6 Å². The summed E-state index contributed by atoms with van der Waals surface area (Å²) in [6.45, 7) is 11.1. The molecule has 2 N–H and O–H groups in total. The molecule has 182 valence electrons. The number of carbonyl (C=O) groups is 1. The second-order valence-electron chi connectivity index (χ2n) is 10.1. The number of aromatic nitrogens is 2. The molecule has 8 heteroatoms. The van der Waals surface area contributed by atoms with Crippen LogP contribution in [-0.2, 0) is 5.41 Å². The van der Waals surface area contributed by atoms with Crippen LogP contribution in [0.3, 0.4) is 0 Å². The topological polar surface area (TPSA) is 73.4 Å². The Kier molecular flexibility index (Phi) is 6.15. The van der Waals surface area contributed by atoms with Gasteiger partial charge in [0.25, 0.3) is 5.91 Å². The molecule has 7 nitrogen and oxygen atoms in total. The van der Waals surface area contributed by atoms with Crippen LogP contribution in [0.5, 0.6) is 0 Å². The minimum atomic E-state index is -0.179. The van der Waals surface area contributed by atoms with Gasteiger partial charge in [-0.1, -0.05) is 37.6 Å². The molecule has 0 saturated carbocycles. The van der Waals surface area contributed by atoms with Gasteiger partial charge in [0.1, 0.15) is 0 Å². The Balaban J connectivity index is 1.44. The third kappa shape index (κ3) is 4.70. The number of fused-ring (bicyclic) bond motifs is 1. The normalized spacial score (nSPS) is 17.6. The Labute approximate surface area is 211 Å². The Bertz CT molecular complexity index is 1280. The highest BCUT2D eigenvalue weighted by Crippen LogP contribution is 2.35. The van der Waals surface area contributed by atoms with Crippen LogP contribution in [0.2, 0.25) is 5.02 Å². The number of nitrogens with zero attached hydrogens (tertiary/aromatic N) is 4. The van der Waals surface area contributed by atoms with E-state index in [0.717, 1.165) is 43.0 Å². The van der Waals surface area contributed by atoms with E-state index in [2.05, 4.69) is 65.4 Å². The van der Waals surface area contributed by atoms with Crippen molar-refractivity contribution in [2.45, 2.75) is 26.2 Å². The molecule has 0 atom stereocenters. The summed E-state index contributed by atoms with van der Waals surface area (Å²) in [4.78, 5) is 26.3. The largest absolute Gasteiger partial charge is 0.369 e. The van der Waals surface area contributed by atoms with Crippen molar-refractivity contribution < 1.29 is 4.79 Å². The van der Waals surface area contributed by atoms with E-state index in [-0.39, 0.29) is 11.3 Å². The third-order valence-corrected chi connectivity index (χ3v) is 7.29. The van der Waals surface area contributed by atoms with Crippen molar-refractivity contribution in [3.63, 3.8) is 0 Å². The van der Waals surface area contributed by atoms with E-state index in [1.54, 1.807) is 6.20 Å². The van der Waals surface area contributed by atoms with Crippen molar-refractivity contribution in [1.29, 1.82) is 0 Å². The van der Waals surface area contributed by atoms with Gasteiger partial charge in [-0.25, -0.2) is 9.97 Å². The van der Waals surface area contributed by atoms with Crippen LogP contribution in [-0.4, -0.2) is 60.5 Å². The van der Waals surface area contributed by atoms with E-state index in [9.17, 15) is 4.79 Å². The number of hydrogen-bond acceptors (Lipinski definition) is 6. The molecule has 0 spiro atoms. The van der Waals surface area contributed by atoms with Gasteiger partial charge in [-0.3, -0.25) is 4.79 Å². The Morgan fingerprint density at radius 2 is 1.86 bits per heavy atom. The summed E-state index contributed by atoms with van der Waals surface area (Å²) < 4.78 is 0. The molecule has 1 amide bonds. The maximum atomic E-state index is 12.3. The summed E-state index contributed by atoms with van der Waals surface area (Å²) in [5.74, 6) is 0.435. The predicted octanol–water partition coefficient (Wildman–Crippen LogP) is 4.62. The third-order valence-electron chi connectivity index (χ3n) is 7.01. The zero-order chi connectivity index (χ0) is 24.7. The molecule has 0 radical (unpaired) electrons. The fourth-order valence-electron chi connectivity index (χ4n) is 4.78. The molecule has 1 aromatic heterocycles. The van der Waals surface area contributed by atoms with E-state index in [0.29, 0.717) is 28.8 Å². The summed E-state index contributed by atoms with van der Waals surface area (Å²) in [6, 6.07) is 12.1. The van der Waals surface area contributed by atoms with Crippen LogP contribution < -0.4 is 15.5 Å². The smallest absolute Gasteiger partial charge is 0.251 e. The molecule has 0 aliphatic carbocycles. The quantitative estimate of drug-likeness (QED) is 0.556. The fraction of sp³-hybridized carbons (Fsp3) is 0.370. The monoisotopic (exact) mass is 490 g/mol. The van der Waals surface area contributed by atoms with Gasteiger partial charge >= 0.3 is 0 Å². The highest BCUT2D eigenvalue weighted by Gasteiger charge is 2.32. The number of aryl methyl sites for hydroxylation is 1. The summed E-state index contributed by atoms with van der Waals surface area (Å²) in [5, 5.41) is 6.79. The predicted molar refractivity (Wildman–Crippen MR) is 142 cm³/mol. The molecule has 0 bridgehead atoms. The van der Waals surface area contributed by atoms with Crippen molar-refractivity contribution in [3.8, 4) is 11.3 Å². The number of anilines is 3. The Morgan fingerprint density at radius 3 is 2.63 bits per heavy atom. The first kappa shape index (κ1) is 23.6. The summed E-state index contributed by atoms with van der Waals surface area (Å²) >= 11 is 6.53. The number of amides is 1. The number of benzene rings is 2. The number of hydrogen-bond donors (Lipinski definition) is 2. The second-order valence-corrected chi connectivity index (χ2v) is 10.5. The van der Waals surface area contributed by atoms with Crippen molar-refractivity contribution in [2.24, 2.45) is 0 Å². The standard InChI is InChI=1S/C27H31ClN6O/c1-17-5-7-19(14-23(17)34-11-9-33(4)10-12-34)31-26-29-15-22(28)24(32-26)18-6-8-20-21(13-18)27(2,3)16-30-25(20)35/h5-8,13-15H,9-12,16H2,1-4H3,(H,30,35)(H,29,31,32). The zero-order valence-electron chi connectivity index (χ0n) is 20.7. The molecule has 1 saturated heterocycles. The van der Waals surface area contributed by atoms with Gasteiger partial charge in [0, 0.05) is 60.6 Å². The van der Waals surface area contributed by atoms with E-state index >= 15 is 0 Å². The van der Waals surface area contributed by atoms with E-state index in [1.165, 1.54) is 11.3 Å². The number of carbonyl (C=O) groups excluding carboxylic acids is 1. The van der Waals surface area contributed by atoms with Crippen molar-refractivity contribution >= 4 is 34.8 Å². The SMILES string of the molecule is Cc1ccc(Nc2ncc(Cl)c(-c3ccc4c(c3)C(C)(C)CNC4=O)n2)cc1N1CCN(C)CC1. The molecule has 3 heterocycles. The molecular formula is C27H31ClN6O. The highest BCUT2D eigenvalue weighted by molar-refractivity contribution is 6.32. The number of piperazine rings is 1. The molecule has 3 aromatic rings. The maximum Gasteiger partial charge on any atom is 0.251 e. The lowest BCUT2D eigenvalue weighted by molar-refractivity contribution is 0.0930. The summed E-state index contributed by atoms with van der Waals surface area (Å²) in [7, 11) is 2.16. The van der Waals surface area contributed by atoms with Crippen LogP contribution in [0.25, 0.3) is 11.3 Å².